The number of rotatable bonds is 7. The molecule has 3 rings (SSSR count). The van der Waals surface area contributed by atoms with Gasteiger partial charge >= 0.3 is 5.97 Å². The van der Waals surface area contributed by atoms with Gasteiger partial charge in [0.25, 0.3) is 5.91 Å². The molecule has 2 heterocycles. The topological polar surface area (TPSA) is 117 Å². The van der Waals surface area contributed by atoms with Crippen molar-refractivity contribution >= 4 is 11.9 Å². The highest BCUT2D eigenvalue weighted by Gasteiger charge is 2.30. The largest absolute Gasteiger partial charge is 0.480 e. The van der Waals surface area contributed by atoms with Crippen molar-refractivity contribution in [3.8, 4) is 17.1 Å². The SMILES string of the molecule is CC(C)(NC(=O)c1ccc(-c2ccn[nH]2)c(OCC2CC2)n1)C(=O)O. The Balaban J connectivity index is 1.86. The number of aromatic amines is 1. The summed E-state index contributed by atoms with van der Waals surface area (Å²) in [7, 11) is 0. The predicted molar refractivity (Wildman–Crippen MR) is 89.2 cm³/mol. The van der Waals surface area contributed by atoms with Gasteiger partial charge in [0.05, 0.1) is 17.9 Å². The maximum atomic E-state index is 12.4. The molecule has 1 aliphatic rings. The summed E-state index contributed by atoms with van der Waals surface area (Å²) in [5, 5.41) is 18.4. The van der Waals surface area contributed by atoms with Crippen LogP contribution in [0, 0.1) is 5.92 Å². The van der Waals surface area contributed by atoms with Crippen LogP contribution in [0.1, 0.15) is 37.2 Å². The third-order valence-corrected chi connectivity index (χ3v) is 4.00. The summed E-state index contributed by atoms with van der Waals surface area (Å²) in [6.07, 6.45) is 3.88. The van der Waals surface area contributed by atoms with E-state index in [4.69, 9.17) is 9.84 Å². The number of carbonyl (C=O) groups is 2. The number of nitrogens with one attached hydrogen (secondary N) is 2. The summed E-state index contributed by atoms with van der Waals surface area (Å²) >= 11 is 0. The molecule has 0 bridgehead atoms. The number of carboxylic acid groups (broad SMARTS) is 1. The van der Waals surface area contributed by atoms with Crippen molar-refractivity contribution < 1.29 is 19.4 Å². The van der Waals surface area contributed by atoms with Gasteiger partial charge in [0.1, 0.15) is 11.2 Å². The summed E-state index contributed by atoms with van der Waals surface area (Å²) in [6.45, 7) is 3.37. The van der Waals surface area contributed by atoms with E-state index in [1.807, 2.05) is 0 Å². The van der Waals surface area contributed by atoms with Crippen LogP contribution in [0.15, 0.2) is 24.4 Å². The number of nitrogens with zero attached hydrogens (tertiary/aromatic N) is 2. The minimum Gasteiger partial charge on any atom is -0.480 e. The first-order chi connectivity index (χ1) is 11.9. The van der Waals surface area contributed by atoms with Crippen LogP contribution < -0.4 is 10.1 Å². The fourth-order valence-corrected chi connectivity index (χ4v) is 2.17. The Labute approximate surface area is 144 Å². The summed E-state index contributed by atoms with van der Waals surface area (Å²) in [6, 6.07) is 5.03. The van der Waals surface area contributed by atoms with Crippen LogP contribution in [0.4, 0.5) is 0 Å². The smallest absolute Gasteiger partial charge is 0.328 e. The lowest BCUT2D eigenvalue weighted by Gasteiger charge is -2.21. The van der Waals surface area contributed by atoms with Crippen LogP contribution in [0.2, 0.25) is 0 Å². The maximum absolute atomic E-state index is 12.4. The average Bonchev–Trinajstić information content (AvgIpc) is 3.24. The summed E-state index contributed by atoms with van der Waals surface area (Å²) < 4.78 is 5.80. The van der Waals surface area contributed by atoms with Crippen molar-refractivity contribution in [1.82, 2.24) is 20.5 Å². The second-order valence-electron chi connectivity index (χ2n) is 6.66. The molecule has 1 amide bonds. The first-order valence-electron chi connectivity index (χ1n) is 8.06. The van der Waals surface area contributed by atoms with E-state index in [-0.39, 0.29) is 5.69 Å². The lowest BCUT2D eigenvalue weighted by atomic mass is 10.1. The Kier molecular flexibility index (Phi) is 4.43. The Bertz CT molecular complexity index is 782. The zero-order valence-electron chi connectivity index (χ0n) is 14.1. The van der Waals surface area contributed by atoms with E-state index >= 15 is 0 Å². The van der Waals surface area contributed by atoms with Crippen LogP contribution in [0.5, 0.6) is 5.88 Å². The molecule has 2 aromatic rings. The molecule has 2 aromatic heterocycles. The molecule has 8 heteroatoms. The van der Waals surface area contributed by atoms with Crippen LogP contribution in [0.3, 0.4) is 0 Å². The van der Waals surface area contributed by atoms with Crippen molar-refractivity contribution in [2.24, 2.45) is 5.92 Å². The quantitative estimate of drug-likeness (QED) is 0.706. The third kappa shape index (κ3) is 3.96. The van der Waals surface area contributed by atoms with Gasteiger partial charge in [-0.3, -0.25) is 9.89 Å². The van der Waals surface area contributed by atoms with E-state index in [9.17, 15) is 9.59 Å². The molecular formula is C17H20N4O4. The van der Waals surface area contributed by atoms with Crippen LogP contribution >= 0.6 is 0 Å². The molecule has 0 saturated heterocycles. The molecule has 132 valence electrons. The average molecular weight is 344 g/mol. The molecule has 1 aliphatic carbocycles. The summed E-state index contributed by atoms with van der Waals surface area (Å²) in [5.74, 6) is -0.836. The van der Waals surface area contributed by atoms with Crippen molar-refractivity contribution in [1.29, 1.82) is 0 Å². The van der Waals surface area contributed by atoms with Crippen molar-refractivity contribution in [2.45, 2.75) is 32.2 Å². The normalized spacial score (nSPS) is 14.2. The number of ether oxygens (including phenoxy) is 1. The second kappa shape index (κ2) is 6.54. The lowest BCUT2D eigenvalue weighted by molar-refractivity contribution is -0.143. The number of H-pyrrole nitrogens is 1. The number of hydrogen-bond donors (Lipinski definition) is 3. The van der Waals surface area contributed by atoms with Gasteiger partial charge in [-0.05, 0) is 50.8 Å². The van der Waals surface area contributed by atoms with Crippen molar-refractivity contribution in [2.75, 3.05) is 6.61 Å². The molecule has 0 atom stereocenters. The Morgan fingerprint density at radius 3 is 2.72 bits per heavy atom. The van der Waals surface area contributed by atoms with E-state index in [2.05, 4.69) is 20.5 Å². The van der Waals surface area contributed by atoms with E-state index in [1.54, 1.807) is 18.3 Å². The van der Waals surface area contributed by atoms with Gasteiger partial charge in [-0.15, -0.1) is 0 Å². The van der Waals surface area contributed by atoms with E-state index in [0.29, 0.717) is 24.0 Å². The van der Waals surface area contributed by atoms with Gasteiger partial charge < -0.3 is 15.2 Å². The number of carboxylic acids is 1. The molecule has 0 unspecified atom stereocenters. The minimum absolute atomic E-state index is 0.100. The number of pyridine rings is 1. The highest BCUT2D eigenvalue weighted by molar-refractivity contribution is 5.96. The molecule has 0 aromatic carbocycles. The van der Waals surface area contributed by atoms with Crippen molar-refractivity contribution in [3.05, 3.63) is 30.1 Å². The number of aromatic nitrogens is 3. The van der Waals surface area contributed by atoms with Gasteiger partial charge in [0.15, 0.2) is 0 Å². The predicted octanol–water partition coefficient (Wildman–Crippen LogP) is 1.85. The third-order valence-electron chi connectivity index (χ3n) is 4.00. The van der Waals surface area contributed by atoms with Crippen LogP contribution in [-0.4, -0.2) is 44.3 Å². The van der Waals surface area contributed by atoms with Gasteiger partial charge in [0, 0.05) is 6.20 Å². The zero-order valence-corrected chi connectivity index (χ0v) is 14.1. The van der Waals surface area contributed by atoms with Crippen molar-refractivity contribution in [3.63, 3.8) is 0 Å². The number of hydrogen-bond acceptors (Lipinski definition) is 5. The van der Waals surface area contributed by atoms with E-state index in [1.165, 1.54) is 19.9 Å². The monoisotopic (exact) mass is 344 g/mol. The first kappa shape index (κ1) is 16.9. The zero-order chi connectivity index (χ0) is 18.0. The minimum atomic E-state index is -1.39. The number of aliphatic carboxylic acids is 1. The number of carbonyl (C=O) groups excluding carboxylic acids is 1. The van der Waals surface area contributed by atoms with Gasteiger partial charge in [-0.2, -0.15) is 5.10 Å². The fourth-order valence-electron chi connectivity index (χ4n) is 2.17. The molecule has 1 saturated carbocycles. The summed E-state index contributed by atoms with van der Waals surface area (Å²) in [5.41, 5.74) is 0.141. The highest BCUT2D eigenvalue weighted by Crippen LogP contribution is 2.32. The fraction of sp³-hybridized carbons (Fsp3) is 0.412. The second-order valence-corrected chi connectivity index (χ2v) is 6.66. The van der Waals surface area contributed by atoms with E-state index in [0.717, 1.165) is 18.5 Å². The molecule has 1 fully saturated rings. The first-order valence-corrected chi connectivity index (χ1v) is 8.06. The standard InChI is InChI=1S/C17H20N4O4/c1-17(2,16(23)24)20-14(22)13-6-5-11(12-7-8-18-21-12)15(19-13)25-9-10-3-4-10/h5-8,10H,3-4,9H2,1-2H3,(H,18,21)(H,20,22)(H,23,24). The number of amides is 1. The van der Waals surface area contributed by atoms with Crippen LogP contribution in [-0.2, 0) is 4.79 Å². The Hall–Kier alpha value is -2.90. The molecule has 3 N–H and O–H groups in total. The molecule has 0 aliphatic heterocycles. The maximum Gasteiger partial charge on any atom is 0.328 e. The molecule has 8 nitrogen and oxygen atoms in total. The van der Waals surface area contributed by atoms with Gasteiger partial charge in [0.2, 0.25) is 5.88 Å². The molecule has 0 spiro atoms. The van der Waals surface area contributed by atoms with E-state index < -0.39 is 17.4 Å². The summed E-state index contributed by atoms with van der Waals surface area (Å²) in [4.78, 5) is 27.8. The molecule has 25 heavy (non-hydrogen) atoms. The van der Waals surface area contributed by atoms with Crippen LogP contribution in [0.25, 0.3) is 11.3 Å². The molecular weight excluding hydrogens is 324 g/mol. The highest BCUT2D eigenvalue weighted by atomic mass is 16.5. The lowest BCUT2D eigenvalue weighted by Crippen LogP contribution is -2.49. The Morgan fingerprint density at radius 2 is 2.12 bits per heavy atom. The van der Waals surface area contributed by atoms with Gasteiger partial charge in [-0.25, -0.2) is 9.78 Å². The Morgan fingerprint density at radius 1 is 1.36 bits per heavy atom. The van der Waals surface area contributed by atoms with Gasteiger partial charge in [-0.1, -0.05) is 0 Å². The molecule has 0 radical (unpaired) electrons.